The second-order valence-corrected chi connectivity index (χ2v) is 4.88. The molecule has 1 amide bonds. The second kappa shape index (κ2) is 5.20. The van der Waals surface area contributed by atoms with Gasteiger partial charge in [0.05, 0.1) is 0 Å². The Labute approximate surface area is 96.6 Å². The number of hydrogen-bond donors (Lipinski definition) is 3. The molecule has 2 heterocycles. The second-order valence-electron chi connectivity index (χ2n) is 3.73. The third-order valence-corrected chi connectivity index (χ3v) is 3.67. The van der Waals surface area contributed by atoms with Crippen molar-refractivity contribution in [1.29, 1.82) is 0 Å². The van der Waals surface area contributed by atoms with Gasteiger partial charge in [-0.15, -0.1) is 0 Å². The fraction of sp³-hybridized carbons (Fsp3) is 0.667. The first-order valence-electron chi connectivity index (χ1n) is 5.25. The van der Waals surface area contributed by atoms with Gasteiger partial charge in [-0.05, 0) is 12.2 Å². The molecule has 88 valence electrons. The number of rotatable bonds is 4. The van der Waals surface area contributed by atoms with Gasteiger partial charge < -0.3 is 5.32 Å². The minimum absolute atomic E-state index is 0.114. The Balaban J connectivity index is 1.71. The molecular weight excluding hydrogens is 228 g/mol. The van der Waals surface area contributed by atoms with E-state index in [9.17, 15) is 9.59 Å². The van der Waals surface area contributed by atoms with Gasteiger partial charge >= 0.3 is 5.69 Å². The first-order chi connectivity index (χ1) is 7.75. The normalized spacial score (nSPS) is 19.9. The standard InChI is InChI=1S/C9H14N4O2S/c14-8(6-2-4-16-5-6)10-3-1-7-11-9(15)13-12-7/h6H,1-5H2,(H,10,14)(H2,11,12,13,15). The topological polar surface area (TPSA) is 90.6 Å². The molecular formula is C9H14N4O2S. The van der Waals surface area contributed by atoms with Gasteiger partial charge in [0.15, 0.2) is 0 Å². The summed E-state index contributed by atoms with van der Waals surface area (Å²) in [5, 5.41) is 8.90. The summed E-state index contributed by atoms with van der Waals surface area (Å²) < 4.78 is 0. The maximum Gasteiger partial charge on any atom is 0.340 e. The summed E-state index contributed by atoms with van der Waals surface area (Å²) in [5.41, 5.74) is -0.312. The Kier molecular flexibility index (Phi) is 3.66. The van der Waals surface area contributed by atoms with Crippen molar-refractivity contribution < 1.29 is 4.79 Å². The Morgan fingerprint density at radius 2 is 2.50 bits per heavy atom. The average Bonchev–Trinajstić information content (AvgIpc) is 2.89. The fourth-order valence-electron chi connectivity index (χ4n) is 1.61. The molecule has 3 N–H and O–H groups in total. The van der Waals surface area contributed by atoms with E-state index in [-0.39, 0.29) is 17.5 Å². The Morgan fingerprint density at radius 1 is 1.62 bits per heavy atom. The van der Waals surface area contributed by atoms with Crippen molar-refractivity contribution in [2.75, 3.05) is 18.1 Å². The molecule has 6 nitrogen and oxygen atoms in total. The van der Waals surface area contributed by atoms with Gasteiger partial charge in [0, 0.05) is 24.6 Å². The summed E-state index contributed by atoms with van der Waals surface area (Å²) in [7, 11) is 0. The van der Waals surface area contributed by atoms with Crippen molar-refractivity contribution in [3.63, 3.8) is 0 Å². The highest BCUT2D eigenvalue weighted by Gasteiger charge is 2.22. The Morgan fingerprint density at radius 3 is 3.12 bits per heavy atom. The Hall–Kier alpha value is -1.24. The van der Waals surface area contributed by atoms with Crippen LogP contribution >= 0.6 is 11.8 Å². The maximum absolute atomic E-state index is 11.6. The molecule has 0 aromatic carbocycles. The predicted molar refractivity (Wildman–Crippen MR) is 61.4 cm³/mol. The van der Waals surface area contributed by atoms with E-state index in [2.05, 4.69) is 20.5 Å². The van der Waals surface area contributed by atoms with Crippen molar-refractivity contribution in [1.82, 2.24) is 20.5 Å². The molecule has 0 bridgehead atoms. The summed E-state index contributed by atoms with van der Waals surface area (Å²) in [4.78, 5) is 24.9. The highest BCUT2D eigenvalue weighted by molar-refractivity contribution is 7.99. The van der Waals surface area contributed by atoms with Crippen LogP contribution in [0.3, 0.4) is 0 Å². The largest absolute Gasteiger partial charge is 0.355 e. The van der Waals surface area contributed by atoms with Crippen LogP contribution in [0.25, 0.3) is 0 Å². The van der Waals surface area contributed by atoms with Crippen LogP contribution in [0, 0.1) is 5.92 Å². The Bertz CT molecular complexity index is 408. The van der Waals surface area contributed by atoms with E-state index in [0.29, 0.717) is 18.8 Å². The molecule has 1 atom stereocenters. The van der Waals surface area contributed by atoms with Crippen LogP contribution in [0.1, 0.15) is 12.2 Å². The lowest BCUT2D eigenvalue weighted by molar-refractivity contribution is -0.124. The third kappa shape index (κ3) is 2.88. The number of thioether (sulfide) groups is 1. The number of nitrogens with zero attached hydrogens (tertiary/aromatic N) is 1. The van der Waals surface area contributed by atoms with Crippen molar-refractivity contribution in [2.45, 2.75) is 12.8 Å². The molecule has 1 aliphatic heterocycles. The van der Waals surface area contributed by atoms with Crippen LogP contribution < -0.4 is 11.0 Å². The van der Waals surface area contributed by atoms with E-state index in [1.54, 1.807) is 0 Å². The van der Waals surface area contributed by atoms with Crippen LogP contribution in [-0.4, -0.2) is 39.1 Å². The molecule has 1 aromatic heterocycles. The van der Waals surface area contributed by atoms with Gasteiger partial charge in [0.25, 0.3) is 0 Å². The third-order valence-electron chi connectivity index (χ3n) is 2.51. The summed E-state index contributed by atoms with van der Waals surface area (Å²) in [6, 6.07) is 0. The SMILES string of the molecule is O=C(NCCc1n[nH]c(=O)[nH]1)C1CCSC1. The molecule has 1 saturated heterocycles. The van der Waals surface area contributed by atoms with Gasteiger partial charge in [0.1, 0.15) is 5.82 Å². The first-order valence-corrected chi connectivity index (χ1v) is 6.40. The van der Waals surface area contributed by atoms with Crippen molar-refractivity contribution in [2.24, 2.45) is 5.92 Å². The minimum atomic E-state index is -0.312. The average molecular weight is 242 g/mol. The van der Waals surface area contributed by atoms with Crippen molar-refractivity contribution >= 4 is 17.7 Å². The molecule has 0 spiro atoms. The monoisotopic (exact) mass is 242 g/mol. The summed E-state index contributed by atoms with van der Waals surface area (Å²) in [6.07, 6.45) is 1.51. The van der Waals surface area contributed by atoms with E-state index < -0.39 is 0 Å². The highest BCUT2D eigenvalue weighted by Crippen LogP contribution is 2.23. The number of amides is 1. The molecule has 1 aliphatic rings. The molecule has 0 saturated carbocycles. The smallest absolute Gasteiger partial charge is 0.340 e. The lowest BCUT2D eigenvalue weighted by atomic mass is 10.1. The van der Waals surface area contributed by atoms with Gasteiger partial charge in [-0.25, -0.2) is 9.89 Å². The zero-order valence-corrected chi connectivity index (χ0v) is 9.60. The number of hydrogen-bond acceptors (Lipinski definition) is 4. The van der Waals surface area contributed by atoms with E-state index in [0.717, 1.165) is 17.9 Å². The lowest BCUT2D eigenvalue weighted by Gasteiger charge is -2.08. The zero-order chi connectivity index (χ0) is 11.4. The van der Waals surface area contributed by atoms with Crippen molar-refractivity contribution in [3.05, 3.63) is 16.3 Å². The number of aromatic amines is 2. The number of aromatic nitrogens is 3. The van der Waals surface area contributed by atoms with Crippen LogP contribution in [0.4, 0.5) is 0 Å². The molecule has 1 unspecified atom stereocenters. The predicted octanol–water partition coefficient (Wildman–Crippen LogP) is -0.490. The zero-order valence-electron chi connectivity index (χ0n) is 8.78. The molecule has 2 rings (SSSR count). The van der Waals surface area contributed by atoms with Crippen LogP contribution in [0.5, 0.6) is 0 Å². The number of carbonyl (C=O) groups excluding carboxylic acids is 1. The fourth-order valence-corrected chi connectivity index (χ4v) is 2.83. The molecule has 1 aromatic rings. The maximum atomic E-state index is 11.6. The summed E-state index contributed by atoms with van der Waals surface area (Å²) in [5.74, 6) is 2.84. The van der Waals surface area contributed by atoms with Gasteiger partial charge in [-0.1, -0.05) is 0 Å². The van der Waals surface area contributed by atoms with Gasteiger partial charge in [0.2, 0.25) is 5.91 Å². The van der Waals surface area contributed by atoms with E-state index in [1.165, 1.54) is 0 Å². The van der Waals surface area contributed by atoms with Crippen molar-refractivity contribution in [3.8, 4) is 0 Å². The van der Waals surface area contributed by atoms with Gasteiger partial charge in [-0.3, -0.25) is 9.78 Å². The van der Waals surface area contributed by atoms with Crippen LogP contribution in [-0.2, 0) is 11.2 Å². The highest BCUT2D eigenvalue weighted by atomic mass is 32.2. The first kappa shape index (κ1) is 11.3. The molecule has 7 heteroatoms. The van der Waals surface area contributed by atoms with Crippen LogP contribution in [0.15, 0.2) is 4.79 Å². The van der Waals surface area contributed by atoms with E-state index in [4.69, 9.17) is 0 Å². The molecule has 0 aliphatic carbocycles. The summed E-state index contributed by atoms with van der Waals surface area (Å²) >= 11 is 1.82. The van der Waals surface area contributed by atoms with Crippen LogP contribution in [0.2, 0.25) is 0 Å². The number of nitrogens with one attached hydrogen (secondary N) is 3. The summed E-state index contributed by atoms with van der Waals surface area (Å²) in [6.45, 7) is 0.515. The lowest BCUT2D eigenvalue weighted by Crippen LogP contribution is -2.32. The quantitative estimate of drug-likeness (QED) is 0.664. The van der Waals surface area contributed by atoms with Gasteiger partial charge in [-0.2, -0.15) is 16.9 Å². The molecule has 0 radical (unpaired) electrons. The van der Waals surface area contributed by atoms with E-state index >= 15 is 0 Å². The molecule has 16 heavy (non-hydrogen) atoms. The molecule has 1 fully saturated rings. The number of carbonyl (C=O) groups is 1. The van der Waals surface area contributed by atoms with E-state index in [1.807, 2.05) is 11.8 Å². The number of H-pyrrole nitrogens is 2. The minimum Gasteiger partial charge on any atom is -0.355 e.